The van der Waals surface area contributed by atoms with Gasteiger partial charge in [-0.3, -0.25) is 4.79 Å². The summed E-state index contributed by atoms with van der Waals surface area (Å²) in [5, 5.41) is 0. The van der Waals surface area contributed by atoms with Gasteiger partial charge in [-0.25, -0.2) is 0 Å². The summed E-state index contributed by atoms with van der Waals surface area (Å²) in [6.07, 6.45) is 3.68. The minimum atomic E-state index is -0.204. The van der Waals surface area contributed by atoms with Crippen molar-refractivity contribution in [2.24, 2.45) is 11.1 Å². The van der Waals surface area contributed by atoms with Gasteiger partial charge in [0.1, 0.15) is 0 Å². The van der Waals surface area contributed by atoms with Crippen LogP contribution in [-0.2, 0) is 9.53 Å². The first-order chi connectivity index (χ1) is 10.2. The van der Waals surface area contributed by atoms with Crippen LogP contribution in [-0.4, -0.2) is 37.1 Å². The van der Waals surface area contributed by atoms with Gasteiger partial charge < -0.3 is 15.4 Å². The maximum atomic E-state index is 12.5. The number of hydrogen-bond donors (Lipinski definition) is 1. The molecule has 3 rings (SSSR count). The van der Waals surface area contributed by atoms with Gasteiger partial charge in [0.2, 0.25) is 5.91 Å². The van der Waals surface area contributed by atoms with Crippen LogP contribution in [0.2, 0.25) is 0 Å². The van der Waals surface area contributed by atoms with Crippen LogP contribution in [0.25, 0.3) is 0 Å². The highest BCUT2D eigenvalue weighted by Crippen LogP contribution is 2.40. The summed E-state index contributed by atoms with van der Waals surface area (Å²) in [5.74, 6) is 0.190. The largest absolute Gasteiger partial charge is 0.381 e. The molecule has 1 aromatic rings. The molecule has 0 radical (unpaired) electrons. The normalized spacial score (nSPS) is 22.4. The van der Waals surface area contributed by atoms with E-state index >= 15 is 0 Å². The Balaban J connectivity index is 1.57. The highest BCUT2D eigenvalue weighted by molar-refractivity contribution is 5.77. The van der Waals surface area contributed by atoms with Crippen molar-refractivity contribution in [1.29, 1.82) is 0 Å². The number of rotatable bonds is 3. The molecule has 2 fully saturated rings. The van der Waals surface area contributed by atoms with Crippen LogP contribution in [0.15, 0.2) is 30.3 Å². The Hall–Kier alpha value is -1.39. The molecular formula is C17H24N2O2. The van der Waals surface area contributed by atoms with Gasteiger partial charge in [-0.15, -0.1) is 0 Å². The van der Waals surface area contributed by atoms with Crippen molar-refractivity contribution < 1.29 is 9.53 Å². The van der Waals surface area contributed by atoms with Gasteiger partial charge in [-0.1, -0.05) is 30.3 Å². The van der Waals surface area contributed by atoms with Crippen molar-refractivity contribution in [3.8, 4) is 0 Å². The number of benzene rings is 1. The number of ether oxygens (including phenoxy) is 1. The molecule has 2 saturated heterocycles. The Morgan fingerprint density at radius 3 is 2.67 bits per heavy atom. The summed E-state index contributed by atoms with van der Waals surface area (Å²) in [5.41, 5.74) is 7.51. The highest BCUT2D eigenvalue weighted by atomic mass is 16.5. The molecule has 1 unspecified atom stereocenters. The summed E-state index contributed by atoms with van der Waals surface area (Å²) in [7, 11) is 0. The lowest BCUT2D eigenvalue weighted by atomic mass is 9.80. The molecule has 1 atom stereocenters. The zero-order valence-electron chi connectivity index (χ0n) is 12.5. The minimum absolute atomic E-state index is 0.190. The lowest BCUT2D eigenvalue weighted by Gasteiger charge is -2.33. The Bertz CT molecular complexity index is 483. The van der Waals surface area contributed by atoms with Gasteiger partial charge in [0.15, 0.2) is 0 Å². The van der Waals surface area contributed by atoms with Crippen LogP contribution < -0.4 is 5.73 Å². The summed E-state index contributed by atoms with van der Waals surface area (Å²) in [6, 6.07) is 9.67. The van der Waals surface area contributed by atoms with E-state index in [1.165, 1.54) is 0 Å². The molecule has 21 heavy (non-hydrogen) atoms. The Kier molecular flexibility index (Phi) is 4.27. The Morgan fingerprint density at radius 1 is 1.24 bits per heavy atom. The van der Waals surface area contributed by atoms with Crippen LogP contribution in [0.3, 0.4) is 0 Å². The molecule has 1 spiro atoms. The first-order valence-corrected chi connectivity index (χ1v) is 7.85. The van der Waals surface area contributed by atoms with Crippen LogP contribution in [0.5, 0.6) is 0 Å². The lowest BCUT2D eigenvalue weighted by molar-refractivity contribution is -0.131. The first kappa shape index (κ1) is 14.5. The monoisotopic (exact) mass is 288 g/mol. The molecule has 114 valence electrons. The SMILES string of the molecule is NC(CC(=O)N1CCC2(CCOCC2)C1)c1ccccc1. The van der Waals surface area contributed by atoms with Crippen molar-refractivity contribution in [3.63, 3.8) is 0 Å². The smallest absolute Gasteiger partial charge is 0.224 e. The van der Waals surface area contributed by atoms with Crippen molar-refractivity contribution in [2.75, 3.05) is 26.3 Å². The van der Waals surface area contributed by atoms with Crippen molar-refractivity contribution in [2.45, 2.75) is 31.7 Å². The molecule has 1 aromatic carbocycles. The zero-order chi connectivity index (χ0) is 14.7. The van der Waals surface area contributed by atoms with E-state index in [9.17, 15) is 4.79 Å². The Morgan fingerprint density at radius 2 is 1.95 bits per heavy atom. The lowest BCUT2D eigenvalue weighted by Crippen LogP contribution is -2.36. The predicted octanol–water partition coefficient (Wildman–Crippen LogP) is 2.11. The highest BCUT2D eigenvalue weighted by Gasteiger charge is 2.40. The molecule has 1 amide bonds. The van der Waals surface area contributed by atoms with Gasteiger partial charge >= 0.3 is 0 Å². The molecular weight excluding hydrogens is 264 g/mol. The zero-order valence-corrected chi connectivity index (χ0v) is 12.5. The Labute approximate surface area is 126 Å². The summed E-state index contributed by atoms with van der Waals surface area (Å²) in [6.45, 7) is 3.44. The number of carbonyl (C=O) groups is 1. The van der Waals surface area contributed by atoms with E-state index in [-0.39, 0.29) is 11.9 Å². The molecule has 0 saturated carbocycles. The molecule has 2 aliphatic heterocycles. The molecule has 0 bridgehead atoms. The number of carbonyl (C=O) groups excluding carboxylic acids is 1. The molecule has 4 nitrogen and oxygen atoms in total. The fourth-order valence-corrected chi connectivity index (χ4v) is 3.50. The van der Waals surface area contributed by atoms with Gasteiger partial charge in [0.05, 0.1) is 0 Å². The number of nitrogens with zero attached hydrogens (tertiary/aromatic N) is 1. The third kappa shape index (κ3) is 3.27. The number of hydrogen-bond acceptors (Lipinski definition) is 3. The van der Waals surface area contributed by atoms with E-state index in [2.05, 4.69) is 0 Å². The average molecular weight is 288 g/mol. The van der Waals surface area contributed by atoms with E-state index in [0.717, 1.165) is 51.1 Å². The number of amides is 1. The molecule has 2 N–H and O–H groups in total. The second kappa shape index (κ2) is 6.16. The molecule has 0 aliphatic carbocycles. The van der Waals surface area contributed by atoms with E-state index in [0.29, 0.717) is 11.8 Å². The van der Waals surface area contributed by atoms with Crippen LogP contribution in [0, 0.1) is 5.41 Å². The maximum absolute atomic E-state index is 12.5. The fraction of sp³-hybridized carbons (Fsp3) is 0.588. The van der Waals surface area contributed by atoms with Crippen LogP contribution >= 0.6 is 0 Å². The van der Waals surface area contributed by atoms with Crippen LogP contribution in [0.4, 0.5) is 0 Å². The van der Waals surface area contributed by atoms with Gasteiger partial charge in [-0.2, -0.15) is 0 Å². The standard InChI is InChI=1S/C17H24N2O2/c18-15(14-4-2-1-3-5-14)12-16(20)19-9-6-17(13-19)7-10-21-11-8-17/h1-5,15H,6-13,18H2. The molecule has 2 aliphatic rings. The maximum Gasteiger partial charge on any atom is 0.224 e. The fourth-order valence-electron chi connectivity index (χ4n) is 3.50. The average Bonchev–Trinajstić information content (AvgIpc) is 2.92. The summed E-state index contributed by atoms with van der Waals surface area (Å²) < 4.78 is 5.45. The van der Waals surface area contributed by atoms with Gasteiger partial charge in [-0.05, 0) is 30.2 Å². The number of likely N-dealkylation sites (tertiary alicyclic amines) is 1. The molecule has 4 heteroatoms. The van der Waals surface area contributed by atoms with Crippen molar-refractivity contribution >= 4 is 5.91 Å². The topological polar surface area (TPSA) is 55.6 Å². The van der Waals surface area contributed by atoms with Crippen molar-refractivity contribution in [3.05, 3.63) is 35.9 Å². The summed E-state index contributed by atoms with van der Waals surface area (Å²) >= 11 is 0. The molecule has 2 heterocycles. The quantitative estimate of drug-likeness (QED) is 0.926. The van der Waals surface area contributed by atoms with Gasteiger partial charge in [0.25, 0.3) is 0 Å². The second-order valence-corrected chi connectivity index (χ2v) is 6.40. The third-order valence-electron chi connectivity index (χ3n) is 4.97. The van der Waals surface area contributed by atoms with E-state index in [4.69, 9.17) is 10.5 Å². The predicted molar refractivity (Wildman–Crippen MR) is 81.7 cm³/mol. The van der Waals surface area contributed by atoms with E-state index in [1.807, 2.05) is 35.2 Å². The minimum Gasteiger partial charge on any atom is -0.381 e. The summed E-state index contributed by atoms with van der Waals surface area (Å²) in [4.78, 5) is 14.5. The molecule has 0 aromatic heterocycles. The number of nitrogens with two attached hydrogens (primary N) is 1. The third-order valence-corrected chi connectivity index (χ3v) is 4.97. The van der Waals surface area contributed by atoms with Crippen molar-refractivity contribution in [1.82, 2.24) is 4.90 Å². The van der Waals surface area contributed by atoms with E-state index in [1.54, 1.807) is 0 Å². The van der Waals surface area contributed by atoms with Crippen LogP contribution in [0.1, 0.15) is 37.3 Å². The van der Waals surface area contributed by atoms with E-state index < -0.39 is 0 Å². The second-order valence-electron chi connectivity index (χ2n) is 6.40. The van der Waals surface area contributed by atoms with Gasteiger partial charge in [0, 0.05) is 38.8 Å². The first-order valence-electron chi connectivity index (χ1n) is 7.85.